The number of hydrogen-bond acceptors (Lipinski definition) is 6. The molecular formula is C76H124F2N4S2Sn2. The summed E-state index contributed by atoms with van der Waals surface area (Å²) in [6, 6.07) is 5.37. The third-order valence-corrected chi connectivity index (χ3v) is 54.2. The number of aromatic nitrogens is 4. The summed E-state index contributed by atoms with van der Waals surface area (Å²) in [5.41, 5.74) is 9.50. The van der Waals surface area contributed by atoms with Crippen LogP contribution in [0, 0.1) is 11.6 Å². The van der Waals surface area contributed by atoms with Crippen molar-refractivity contribution in [1.82, 2.24) is 17.5 Å². The van der Waals surface area contributed by atoms with Gasteiger partial charge in [0.05, 0.1) is 0 Å². The molecule has 0 aliphatic heterocycles. The molecular weight excluding hydrogens is 1310 g/mol. The van der Waals surface area contributed by atoms with E-state index in [-0.39, 0.29) is 11.6 Å². The van der Waals surface area contributed by atoms with Gasteiger partial charge in [-0.2, -0.15) is 0 Å². The van der Waals surface area contributed by atoms with E-state index in [1.54, 1.807) is 7.16 Å². The summed E-state index contributed by atoms with van der Waals surface area (Å²) in [5, 5.41) is 0. The molecule has 2 heterocycles. The van der Waals surface area contributed by atoms with Crippen molar-refractivity contribution in [2.75, 3.05) is 0 Å². The van der Waals surface area contributed by atoms with E-state index < -0.39 is 47.6 Å². The fourth-order valence-electron chi connectivity index (χ4n) is 17.0. The van der Waals surface area contributed by atoms with Gasteiger partial charge in [0.2, 0.25) is 0 Å². The molecule has 0 saturated heterocycles. The van der Waals surface area contributed by atoms with Crippen LogP contribution in [0.25, 0.3) is 44.3 Å². The molecule has 482 valence electrons. The Balaban J connectivity index is 1.65. The summed E-state index contributed by atoms with van der Waals surface area (Å²) < 4.78 is 74.3. The summed E-state index contributed by atoms with van der Waals surface area (Å²) in [4.78, 5) is 0. The van der Waals surface area contributed by atoms with Gasteiger partial charge in [-0.3, -0.25) is 0 Å². The first-order valence-corrected chi connectivity index (χ1v) is 53.7. The van der Waals surface area contributed by atoms with Crippen LogP contribution in [0.2, 0.25) is 26.6 Å². The first-order chi connectivity index (χ1) is 42.1. The second-order valence-electron chi connectivity index (χ2n) is 28.2. The summed E-state index contributed by atoms with van der Waals surface area (Å²) in [5.74, 6) is -0.233. The van der Waals surface area contributed by atoms with Gasteiger partial charge in [0.15, 0.2) is 0 Å². The molecule has 86 heavy (non-hydrogen) atoms. The monoisotopic (exact) mass is 1430 g/mol. The minimum atomic E-state index is -3.30. The van der Waals surface area contributed by atoms with E-state index in [1.165, 1.54) is 241 Å². The van der Waals surface area contributed by atoms with E-state index in [0.717, 1.165) is 110 Å². The van der Waals surface area contributed by atoms with Crippen LogP contribution in [0.5, 0.6) is 0 Å². The van der Waals surface area contributed by atoms with Crippen molar-refractivity contribution in [3.05, 3.63) is 46.0 Å². The van der Waals surface area contributed by atoms with Gasteiger partial charge in [0.25, 0.3) is 0 Å². The Morgan fingerprint density at radius 1 is 0.302 bits per heavy atom. The topological polar surface area (TPSA) is 51.6 Å². The summed E-state index contributed by atoms with van der Waals surface area (Å²) in [6.45, 7) is 23.5. The molecule has 2 aromatic heterocycles. The zero-order chi connectivity index (χ0) is 61.4. The zero-order valence-electron chi connectivity index (χ0n) is 57.0. The number of halogens is 2. The number of fused-ring (bicyclic) bond motifs is 10. The van der Waals surface area contributed by atoms with Gasteiger partial charge in [-0.25, -0.2) is 0 Å². The Morgan fingerprint density at radius 3 is 0.791 bits per heavy atom. The molecule has 5 aromatic rings. The van der Waals surface area contributed by atoms with E-state index in [2.05, 4.69) is 81.4 Å². The average molecular weight is 1430 g/mol. The Morgan fingerprint density at radius 2 is 0.535 bits per heavy atom. The van der Waals surface area contributed by atoms with Gasteiger partial charge in [-0.15, -0.1) is 0 Å². The molecule has 4 nitrogen and oxygen atoms in total. The van der Waals surface area contributed by atoms with Crippen molar-refractivity contribution in [2.24, 2.45) is 0 Å². The number of nitrogens with zero attached hydrogens (tertiary/aromatic N) is 4. The van der Waals surface area contributed by atoms with E-state index in [4.69, 9.17) is 17.5 Å². The van der Waals surface area contributed by atoms with E-state index >= 15 is 8.78 Å². The molecule has 0 radical (unpaired) electrons. The van der Waals surface area contributed by atoms with Crippen molar-refractivity contribution < 1.29 is 8.78 Å². The van der Waals surface area contributed by atoms with Crippen LogP contribution in [-0.2, 0) is 10.8 Å². The molecule has 7 rings (SSSR count). The number of rotatable bonds is 48. The van der Waals surface area contributed by atoms with Crippen LogP contribution >= 0.6 is 23.5 Å². The maximum absolute atomic E-state index is 20.8. The van der Waals surface area contributed by atoms with Gasteiger partial charge in [0, 0.05) is 0 Å². The Bertz CT molecular complexity index is 2540. The maximum atomic E-state index is 20.8. The quantitative estimate of drug-likeness (QED) is 0.0288. The van der Waals surface area contributed by atoms with Gasteiger partial charge < -0.3 is 0 Å². The van der Waals surface area contributed by atoms with Crippen molar-refractivity contribution in [2.45, 2.75) is 364 Å². The number of benzene rings is 3. The Hall–Kier alpha value is -1.24. The van der Waals surface area contributed by atoms with Crippen LogP contribution < -0.4 is 7.16 Å². The first kappa shape index (κ1) is 72.2. The predicted octanol–water partition coefficient (Wildman–Crippen LogP) is 25.6. The van der Waals surface area contributed by atoms with Crippen LogP contribution in [0.1, 0.15) is 348 Å². The van der Waals surface area contributed by atoms with Gasteiger partial charge in [-0.05, 0) is 0 Å². The number of hydrogen-bond donors (Lipinski definition) is 0. The molecule has 3 aromatic carbocycles. The third-order valence-electron chi connectivity index (χ3n) is 22.0. The summed E-state index contributed by atoms with van der Waals surface area (Å²) in [7, 11) is 0. The first-order valence-electron chi connectivity index (χ1n) is 37.3. The standard InChI is InChI=1S/C52H70F2N4S2.6C4H9.2Sn/c1-5-9-13-17-21-25-33-51(34-26-22-18-14-10-6-2)37-29-31-39-49(57-59-55-39)41(37)43-45(51)47(53)44-42-38(30-32-40-50(42)58-60-56-40)52(46(44)48(43)54,35-27-23-19-15-11-7-3)36-28-24-20-16-12-8-4;6*1-3-4-2;;/h29-30H,5-28,33-36H2,1-4H3;6*1,3-4H2,2H3;;. The van der Waals surface area contributed by atoms with Crippen molar-refractivity contribution >= 4 is 89.4 Å². The Labute approximate surface area is 542 Å². The fraction of sp³-hybridized carbons (Fsp3) is 0.763. The predicted molar refractivity (Wildman–Crippen MR) is 382 cm³/mol. The average Bonchev–Trinajstić information content (AvgIpc) is 1.50. The molecule has 0 amide bonds. The van der Waals surface area contributed by atoms with E-state index in [0.29, 0.717) is 22.3 Å². The molecule has 2 aliphatic carbocycles. The second kappa shape index (κ2) is 36.9. The van der Waals surface area contributed by atoms with Crippen LogP contribution in [0.3, 0.4) is 0 Å². The molecule has 0 fully saturated rings. The molecule has 0 unspecified atom stereocenters. The molecule has 2 aliphatic rings. The molecule has 0 bridgehead atoms. The second-order valence-corrected chi connectivity index (χ2v) is 55.5. The van der Waals surface area contributed by atoms with Crippen LogP contribution in [0.15, 0.2) is 12.1 Å². The van der Waals surface area contributed by atoms with Crippen molar-refractivity contribution in [3.63, 3.8) is 0 Å². The van der Waals surface area contributed by atoms with Gasteiger partial charge in [-0.1, -0.05) is 0 Å². The molecule has 0 N–H and O–H groups in total. The normalized spacial score (nSPS) is 14.3. The molecule has 0 spiro atoms. The zero-order valence-corrected chi connectivity index (χ0v) is 64.4. The van der Waals surface area contributed by atoms with Crippen molar-refractivity contribution in [1.29, 1.82) is 0 Å². The summed E-state index contributed by atoms with van der Waals surface area (Å²) >= 11 is -3.90. The minimum absolute atomic E-state index is 0.117. The SMILES string of the molecule is CCCCCCCCC1(CCCCCCCC)c2c[c]([Sn]([CH2]CCC)([CH2]CCC)[CH2]CCC)c3nsnc3c2-c2c(F)c3c(c(F)c21)-c1c(c[c]([Sn]([CH2]CCC)([CH2]CCC)[CH2]CCC)c2nsnc12)C3(CCCCCCCC)CCCCCCCC. The summed E-state index contributed by atoms with van der Waals surface area (Å²) in [6.07, 6.45) is 46.1. The molecule has 0 saturated carbocycles. The van der Waals surface area contributed by atoms with Crippen LogP contribution in [-0.4, -0.2) is 54.2 Å². The van der Waals surface area contributed by atoms with E-state index in [1.807, 2.05) is 0 Å². The number of unbranched alkanes of at least 4 members (excludes halogenated alkanes) is 26. The third kappa shape index (κ3) is 16.2. The van der Waals surface area contributed by atoms with Crippen LogP contribution in [0.4, 0.5) is 8.78 Å². The Kier molecular flexibility index (Phi) is 30.9. The van der Waals surface area contributed by atoms with Gasteiger partial charge >= 0.3 is 548 Å². The fourth-order valence-corrected chi connectivity index (χ4v) is 51.6. The molecule has 0 atom stereocenters. The van der Waals surface area contributed by atoms with Gasteiger partial charge in [0.1, 0.15) is 0 Å². The molecule has 10 heteroatoms. The van der Waals surface area contributed by atoms with E-state index in [9.17, 15) is 0 Å². The van der Waals surface area contributed by atoms with Crippen molar-refractivity contribution in [3.8, 4) is 22.3 Å².